The minimum absolute atomic E-state index is 0.964. The molecule has 18 heavy (non-hydrogen) atoms. The fraction of sp³-hybridized carbons (Fsp3) is 0.357. The summed E-state index contributed by atoms with van der Waals surface area (Å²) in [4.78, 5) is 0. The summed E-state index contributed by atoms with van der Waals surface area (Å²) in [6.45, 7) is 3.09. The van der Waals surface area contributed by atoms with Gasteiger partial charge in [0, 0.05) is 23.3 Å². The van der Waals surface area contributed by atoms with Crippen molar-refractivity contribution in [1.82, 2.24) is 15.1 Å². The zero-order valence-corrected chi connectivity index (χ0v) is 12.6. The van der Waals surface area contributed by atoms with E-state index in [1.54, 1.807) is 0 Å². The van der Waals surface area contributed by atoms with Gasteiger partial charge in [0.1, 0.15) is 0 Å². The predicted octanol–water partition coefficient (Wildman–Crippen LogP) is 2.92. The van der Waals surface area contributed by atoms with E-state index < -0.39 is 0 Å². The first-order valence-corrected chi connectivity index (χ1v) is 6.84. The molecule has 0 bridgehead atoms. The minimum atomic E-state index is 0.964. The zero-order valence-electron chi connectivity index (χ0n) is 11.0. The molecule has 0 saturated carbocycles. The van der Waals surface area contributed by atoms with Crippen LogP contribution in [0.5, 0.6) is 0 Å². The Kier molecular flexibility index (Phi) is 4.19. The van der Waals surface area contributed by atoms with Gasteiger partial charge in [-0.15, -0.1) is 0 Å². The number of rotatable bonds is 4. The summed E-state index contributed by atoms with van der Waals surface area (Å²) < 4.78 is 2.98. The maximum absolute atomic E-state index is 4.60. The van der Waals surface area contributed by atoms with E-state index in [9.17, 15) is 0 Å². The molecule has 1 N–H and O–H groups in total. The van der Waals surface area contributed by atoms with Crippen molar-refractivity contribution in [3.05, 3.63) is 40.0 Å². The Morgan fingerprint density at radius 1 is 1.39 bits per heavy atom. The number of likely N-dealkylation sites (N-methyl/N-ethyl adjacent to an activating group) is 1. The van der Waals surface area contributed by atoms with Gasteiger partial charge in [0.15, 0.2) is 0 Å². The molecule has 0 spiro atoms. The lowest BCUT2D eigenvalue weighted by Gasteiger charge is -2.06. The van der Waals surface area contributed by atoms with Gasteiger partial charge in [0.25, 0.3) is 0 Å². The molecule has 4 heteroatoms. The van der Waals surface area contributed by atoms with Crippen molar-refractivity contribution in [2.24, 2.45) is 7.05 Å². The Morgan fingerprint density at radius 2 is 2.17 bits per heavy atom. The maximum Gasteiger partial charge on any atom is 0.0958 e. The van der Waals surface area contributed by atoms with Crippen LogP contribution in [0.3, 0.4) is 0 Å². The van der Waals surface area contributed by atoms with Crippen molar-refractivity contribution < 1.29 is 0 Å². The summed E-state index contributed by atoms with van der Waals surface area (Å²) in [5, 5.41) is 7.79. The highest BCUT2D eigenvalue weighted by Crippen LogP contribution is 2.28. The van der Waals surface area contributed by atoms with Crippen LogP contribution in [-0.4, -0.2) is 23.4 Å². The molecule has 0 unspecified atom stereocenters. The smallest absolute Gasteiger partial charge is 0.0958 e. The number of halogens is 1. The summed E-state index contributed by atoms with van der Waals surface area (Å²) in [6, 6.07) is 6.32. The third kappa shape index (κ3) is 2.82. The highest BCUT2D eigenvalue weighted by molar-refractivity contribution is 9.10. The normalized spacial score (nSPS) is 10.9. The Hall–Kier alpha value is -1.13. The molecule has 0 aliphatic rings. The quantitative estimate of drug-likeness (QED) is 0.941. The first-order chi connectivity index (χ1) is 8.61. The van der Waals surface area contributed by atoms with E-state index in [1.165, 1.54) is 16.7 Å². The molecule has 3 nitrogen and oxygen atoms in total. The Labute approximate surface area is 116 Å². The average molecular weight is 308 g/mol. The number of nitrogens with zero attached hydrogens (tertiary/aromatic N) is 2. The van der Waals surface area contributed by atoms with Gasteiger partial charge in [0.2, 0.25) is 0 Å². The van der Waals surface area contributed by atoms with E-state index in [2.05, 4.69) is 57.7 Å². The molecule has 1 aromatic carbocycles. The molecule has 0 radical (unpaired) electrons. The molecule has 0 atom stereocenters. The van der Waals surface area contributed by atoms with Crippen LogP contribution in [0.2, 0.25) is 0 Å². The lowest BCUT2D eigenvalue weighted by atomic mass is 10.0. The third-order valence-corrected chi connectivity index (χ3v) is 3.50. The largest absolute Gasteiger partial charge is 0.319 e. The van der Waals surface area contributed by atoms with Crippen LogP contribution >= 0.6 is 15.9 Å². The van der Waals surface area contributed by atoms with Gasteiger partial charge in [-0.05, 0) is 50.2 Å². The van der Waals surface area contributed by atoms with E-state index in [0.29, 0.717) is 0 Å². The second-order valence-corrected chi connectivity index (χ2v) is 5.41. The van der Waals surface area contributed by atoms with E-state index in [1.807, 2.05) is 18.8 Å². The lowest BCUT2D eigenvalue weighted by molar-refractivity contribution is 0.764. The zero-order chi connectivity index (χ0) is 13.1. The summed E-state index contributed by atoms with van der Waals surface area (Å²) in [7, 11) is 3.94. The van der Waals surface area contributed by atoms with Crippen LogP contribution in [0, 0.1) is 6.92 Å². The first kappa shape index (κ1) is 13.3. The fourth-order valence-electron chi connectivity index (χ4n) is 2.06. The summed E-state index contributed by atoms with van der Waals surface area (Å²) in [6.07, 6.45) is 3.10. The molecule has 0 aliphatic carbocycles. The molecule has 1 heterocycles. The molecule has 0 aliphatic heterocycles. The highest BCUT2D eigenvalue weighted by Gasteiger charge is 2.12. The number of nitrogens with one attached hydrogen (secondary N) is 1. The van der Waals surface area contributed by atoms with Gasteiger partial charge in [-0.1, -0.05) is 22.0 Å². The summed E-state index contributed by atoms with van der Waals surface area (Å²) >= 11 is 3.53. The summed E-state index contributed by atoms with van der Waals surface area (Å²) in [5.74, 6) is 0. The van der Waals surface area contributed by atoms with E-state index in [4.69, 9.17) is 0 Å². The minimum Gasteiger partial charge on any atom is -0.319 e. The van der Waals surface area contributed by atoms with Crippen LogP contribution in [-0.2, 0) is 13.5 Å². The van der Waals surface area contributed by atoms with Gasteiger partial charge in [0.05, 0.1) is 5.69 Å². The number of hydrogen-bond acceptors (Lipinski definition) is 2. The third-order valence-electron chi connectivity index (χ3n) is 3.00. The van der Waals surface area contributed by atoms with Crippen molar-refractivity contribution >= 4 is 15.9 Å². The highest BCUT2D eigenvalue weighted by atomic mass is 79.9. The van der Waals surface area contributed by atoms with Crippen LogP contribution in [0.15, 0.2) is 28.9 Å². The number of aromatic nitrogens is 2. The van der Waals surface area contributed by atoms with Gasteiger partial charge < -0.3 is 5.32 Å². The van der Waals surface area contributed by atoms with Crippen molar-refractivity contribution in [3.63, 3.8) is 0 Å². The standard InChI is InChI=1S/C14H18BrN3/c1-10-4-5-12(15)8-13(10)14-11(6-7-16-2)9-18(3)17-14/h4-5,8-9,16H,6-7H2,1-3H3. The van der Waals surface area contributed by atoms with Crippen LogP contribution in [0.4, 0.5) is 0 Å². The Morgan fingerprint density at radius 3 is 2.89 bits per heavy atom. The number of aryl methyl sites for hydroxylation is 2. The van der Waals surface area contributed by atoms with Crippen molar-refractivity contribution in [2.45, 2.75) is 13.3 Å². The topological polar surface area (TPSA) is 29.9 Å². The average Bonchev–Trinajstić information content (AvgIpc) is 2.71. The predicted molar refractivity (Wildman–Crippen MR) is 78.7 cm³/mol. The van der Waals surface area contributed by atoms with E-state index in [-0.39, 0.29) is 0 Å². The molecule has 0 fully saturated rings. The van der Waals surface area contributed by atoms with Crippen molar-refractivity contribution in [3.8, 4) is 11.3 Å². The first-order valence-electron chi connectivity index (χ1n) is 6.05. The molecule has 2 aromatic rings. The fourth-order valence-corrected chi connectivity index (χ4v) is 2.42. The molecule has 1 aromatic heterocycles. The van der Waals surface area contributed by atoms with E-state index in [0.717, 1.165) is 23.1 Å². The molecular formula is C14H18BrN3. The van der Waals surface area contributed by atoms with Gasteiger partial charge in [-0.3, -0.25) is 4.68 Å². The molecule has 0 amide bonds. The summed E-state index contributed by atoms with van der Waals surface area (Å²) in [5.41, 5.74) is 4.83. The van der Waals surface area contributed by atoms with Crippen molar-refractivity contribution in [2.75, 3.05) is 13.6 Å². The second-order valence-electron chi connectivity index (χ2n) is 4.49. The Balaban J connectivity index is 2.45. The number of benzene rings is 1. The molecule has 96 valence electrons. The van der Waals surface area contributed by atoms with Gasteiger partial charge >= 0.3 is 0 Å². The van der Waals surface area contributed by atoms with Crippen LogP contribution < -0.4 is 5.32 Å². The lowest BCUT2D eigenvalue weighted by Crippen LogP contribution is -2.10. The van der Waals surface area contributed by atoms with Crippen molar-refractivity contribution in [1.29, 1.82) is 0 Å². The SMILES string of the molecule is CNCCc1cn(C)nc1-c1cc(Br)ccc1C. The Bertz CT molecular complexity index is 546. The van der Waals surface area contributed by atoms with Crippen LogP contribution in [0.1, 0.15) is 11.1 Å². The van der Waals surface area contributed by atoms with Crippen LogP contribution in [0.25, 0.3) is 11.3 Å². The second kappa shape index (κ2) is 5.67. The van der Waals surface area contributed by atoms with E-state index >= 15 is 0 Å². The number of hydrogen-bond donors (Lipinski definition) is 1. The maximum atomic E-state index is 4.60. The van der Waals surface area contributed by atoms with Gasteiger partial charge in [-0.25, -0.2) is 0 Å². The monoisotopic (exact) mass is 307 g/mol. The molecular weight excluding hydrogens is 290 g/mol. The molecule has 2 rings (SSSR count). The van der Waals surface area contributed by atoms with Gasteiger partial charge in [-0.2, -0.15) is 5.10 Å². The molecule has 0 saturated heterocycles.